The lowest BCUT2D eigenvalue weighted by Crippen LogP contribution is -2.50. The molecular weight excluding hydrogens is 456 g/mol. The van der Waals surface area contributed by atoms with E-state index >= 15 is 0 Å². The summed E-state index contributed by atoms with van der Waals surface area (Å²) in [6.07, 6.45) is 1.59. The quantitative estimate of drug-likeness (QED) is 0.501. The average Bonchev–Trinajstić information content (AvgIpc) is 2.77. The van der Waals surface area contributed by atoms with Crippen LogP contribution < -0.4 is 10.1 Å². The first-order valence-electron chi connectivity index (χ1n) is 10.8. The van der Waals surface area contributed by atoms with Crippen LogP contribution in [-0.2, 0) is 22.4 Å². The molecule has 6 heteroatoms. The number of carbonyl (C=O) groups excluding carboxylic acids is 2. The third-order valence-corrected chi connectivity index (χ3v) is 5.71. The highest BCUT2D eigenvalue weighted by molar-refractivity contribution is 9.10. The van der Waals surface area contributed by atoms with Crippen molar-refractivity contribution in [3.63, 3.8) is 0 Å². The van der Waals surface area contributed by atoms with Gasteiger partial charge in [-0.1, -0.05) is 57.2 Å². The predicted octanol–water partition coefficient (Wildman–Crippen LogP) is 4.62. The van der Waals surface area contributed by atoms with Gasteiger partial charge in [0, 0.05) is 13.1 Å². The first-order valence-corrected chi connectivity index (χ1v) is 11.6. The number of carbonyl (C=O) groups is 2. The van der Waals surface area contributed by atoms with Crippen LogP contribution in [0.25, 0.3) is 0 Å². The normalized spacial score (nSPS) is 11.8. The molecule has 168 valence electrons. The van der Waals surface area contributed by atoms with E-state index in [1.54, 1.807) is 11.8 Å². The van der Waals surface area contributed by atoms with E-state index < -0.39 is 6.04 Å². The van der Waals surface area contributed by atoms with Crippen LogP contribution in [0.4, 0.5) is 0 Å². The highest BCUT2D eigenvalue weighted by Gasteiger charge is 2.26. The molecule has 2 amide bonds. The molecule has 2 aromatic rings. The third-order valence-electron chi connectivity index (χ3n) is 5.09. The van der Waals surface area contributed by atoms with Crippen LogP contribution in [0.1, 0.15) is 38.8 Å². The number of hydrogen-bond donors (Lipinski definition) is 1. The molecule has 2 rings (SSSR count). The van der Waals surface area contributed by atoms with Gasteiger partial charge in [0.2, 0.25) is 5.91 Å². The van der Waals surface area contributed by atoms with E-state index in [-0.39, 0.29) is 18.4 Å². The van der Waals surface area contributed by atoms with Gasteiger partial charge in [-0.2, -0.15) is 0 Å². The molecule has 1 atom stereocenters. The fourth-order valence-corrected chi connectivity index (χ4v) is 3.67. The van der Waals surface area contributed by atoms with Gasteiger partial charge in [0.1, 0.15) is 11.8 Å². The largest absolute Gasteiger partial charge is 0.483 e. The Balaban J connectivity index is 2.08. The van der Waals surface area contributed by atoms with E-state index in [0.29, 0.717) is 31.2 Å². The number of amides is 2. The van der Waals surface area contributed by atoms with Crippen molar-refractivity contribution in [3.05, 3.63) is 64.1 Å². The van der Waals surface area contributed by atoms with Crippen LogP contribution in [0.15, 0.2) is 53.0 Å². The Morgan fingerprint density at radius 1 is 1.06 bits per heavy atom. The average molecular weight is 489 g/mol. The lowest BCUT2D eigenvalue weighted by Gasteiger charge is -2.29. The summed E-state index contributed by atoms with van der Waals surface area (Å²) in [5.74, 6) is 0.597. The minimum absolute atomic E-state index is 0.124. The molecule has 0 heterocycles. The first kappa shape index (κ1) is 24.9. The van der Waals surface area contributed by atoms with Gasteiger partial charge in [0.05, 0.1) is 4.47 Å². The Morgan fingerprint density at radius 3 is 2.39 bits per heavy atom. The smallest absolute Gasteiger partial charge is 0.261 e. The van der Waals surface area contributed by atoms with Gasteiger partial charge < -0.3 is 15.0 Å². The Labute approximate surface area is 194 Å². The number of aryl methyl sites for hydroxylation is 1. The van der Waals surface area contributed by atoms with Crippen molar-refractivity contribution in [2.45, 2.75) is 46.6 Å². The van der Waals surface area contributed by atoms with Crippen molar-refractivity contribution in [2.75, 3.05) is 19.7 Å². The van der Waals surface area contributed by atoms with Crippen molar-refractivity contribution < 1.29 is 14.3 Å². The summed E-state index contributed by atoms with van der Waals surface area (Å²) in [6, 6.07) is 15.2. The molecule has 0 aromatic heterocycles. The molecule has 2 aromatic carbocycles. The predicted molar refractivity (Wildman–Crippen MR) is 128 cm³/mol. The highest BCUT2D eigenvalue weighted by Crippen LogP contribution is 2.26. The van der Waals surface area contributed by atoms with E-state index in [1.807, 2.05) is 62.4 Å². The van der Waals surface area contributed by atoms with Crippen LogP contribution in [0.5, 0.6) is 5.75 Å². The van der Waals surface area contributed by atoms with Crippen molar-refractivity contribution >= 4 is 27.7 Å². The second-order valence-corrected chi connectivity index (χ2v) is 8.90. The lowest BCUT2D eigenvalue weighted by atomic mass is 10.1. The van der Waals surface area contributed by atoms with Crippen LogP contribution in [0.3, 0.4) is 0 Å². The minimum Gasteiger partial charge on any atom is -0.483 e. The third kappa shape index (κ3) is 8.02. The molecule has 0 aliphatic carbocycles. The van der Waals surface area contributed by atoms with Gasteiger partial charge >= 0.3 is 0 Å². The fourth-order valence-electron chi connectivity index (χ4n) is 3.13. The SMILES string of the molecule is CCc1ccc(OCC(=O)N(CCc2ccccc2)C(C)C(=O)NCC(C)C)c(Br)c1. The van der Waals surface area contributed by atoms with Crippen molar-refractivity contribution in [3.8, 4) is 5.75 Å². The summed E-state index contributed by atoms with van der Waals surface area (Å²) < 4.78 is 6.61. The maximum atomic E-state index is 13.1. The molecule has 0 radical (unpaired) electrons. The molecule has 0 aliphatic rings. The van der Waals surface area contributed by atoms with E-state index in [9.17, 15) is 9.59 Å². The van der Waals surface area contributed by atoms with Crippen LogP contribution in [0.2, 0.25) is 0 Å². The monoisotopic (exact) mass is 488 g/mol. The maximum Gasteiger partial charge on any atom is 0.261 e. The van der Waals surface area contributed by atoms with Crippen LogP contribution in [0, 0.1) is 5.92 Å². The summed E-state index contributed by atoms with van der Waals surface area (Å²) >= 11 is 3.51. The van der Waals surface area contributed by atoms with Gasteiger partial charge in [-0.3, -0.25) is 9.59 Å². The standard InChI is InChI=1S/C25H33BrN2O3/c1-5-20-11-12-23(22(26)15-20)31-17-24(29)28(14-13-21-9-7-6-8-10-21)19(4)25(30)27-16-18(2)3/h6-12,15,18-19H,5,13-14,16-17H2,1-4H3,(H,27,30). The molecule has 0 aliphatic heterocycles. The second-order valence-electron chi connectivity index (χ2n) is 8.04. The Hall–Kier alpha value is -2.34. The van der Waals surface area contributed by atoms with Gasteiger partial charge in [-0.15, -0.1) is 0 Å². The molecule has 31 heavy (non-hydrogen) atoms. The molecule has 5 nitrogen and oxygen atoms in total. The molecule has 0 fully saturated rings. The van der Waals surface area contributed by atoms with Crippen LogP contribution >= 0.6 is 15.9 Å². The number of nitrogens with one attached hydrogen (secondary N) is 1. The molecule has 1 N–H and O–H groups in total. The molecule has 0 saturated heterocycles. The van der Waals surface area contributed by atoms with E-state index in [4.69, 9.17) is 4.74 Å². The Morgan fingerprint density at radius 2 is 1.77 bits per heavy atom. The van der Waals surface area contributed by atoms with E-state index in [2.05, 4.69) is 28.2 Å². The van der Waals surface area contributed by atoms with Crippen molar-refractivity contribution in [1.29, 1.82) is 0 Å². The zero-order valence-electron chi connectivity index (χ0n) is 18.9. The van der Waals surface area contributed by atoms with E-state index in [1.165, 1.54) is 5.56 Å². The number of nitrogens with zero attached hydrogens (tertiary/aromatic N) is 1. The fraction of sp³-hybridized carbons (Fsp3) is 0.440. The Bertz CT molecular complexity index is 855. The van der Waals surface area contributed by atoms with Crippen molar-refractivity contribution in [1.82, 2.24) is 10.2 Å². The zero-order chi connectivity index (χ0) is 22.8. The summed E-state index contributed by atoms with van der Waals surface area (Å²) in [5, 5.41) is 2.93. The topological polar surface area (TPSA) is 58.6 Å². The number of benzene rings is 2. The molecule has 0 bridgehead atoms. The van der Waals surface area contributed by atoms with Gasteiger partial charge in [-0.25, -0.2) is 0 Å². The number of rotatable bonds is 11. The van der Waals surface area contributed by atoms with Gasteiger partial charge in [0.15, 0.2) is 6.61 Å². The molecule has 1 unspecified atom stereocenters. The van der Waals surface area contributed by atoms with E-state index in [0.717, 1.165) is 16.5 Å². The maximum absolute atomic E-state index is 13.1. The lowest BCUT2D eigenvalue weighted by molar-refractivity contribution is -0.141. The first-order chi connectivity index (χ1) is 14.8. The van der Waals surface area contributed by atoms with Gasteiger partial charge in [-0.05, 0) is 64.9 Å². The number of halogens is 1. The second kappa shape index (κ2) is 12.5. The van der Waals surface area contributed by atoms with Crippen LogP contribution in [-0.4, -0.2) is 42.5 Å². The molecular formula is C25H33BrN2O3. The number of hydrogen-bond acceptors (Lipinski definition) is 3. The van der Waals surface area contributed by atoms with Gasteiger partial charge in [0.25, 0.3) is 5.91 Å². The molecule has 0 saturated carbocycles. The Kier molecular flexibility index (Phi) is 10.0. The summed E-state index contributed by atoms with van der Waals surface area (Å²) in [6.45, 7) is 8.83. The summed E-state index contributed by atoms with van der Waals surface area (Å²) in [4.78, 5) is 27.3. The highest BCUT2D eigenvalue weighted by atomic mass is 79.9. The summed E-state index contributed by atoms with van der Waals surface area (Å²) in [7, 11) is 0. The number of ether oxygens (including phenoxy) is 1. The summed E-state index contributed by atoms with van der Waals surface area (Å²) in [5.41, 5.74) is 2.30. The molecule has 0 spiro atoms. The van der Waals surface area contributed by atoms with Crippen molar-refractivity contribution in [2.24, 2.45) is 5.92 Å². The minimum atomic E-state index is -0.579. The zero-order valence-corrected chi connectivity index (χ0v) is 20.4.